The molecule has 0 aromatic carbocycles. The maximum atomic E-state index is 12.7. The van der Waals surface area contributed by atoms with Crippen LogP contribution in [0, 0.1) is 11.8 Å². The normalized spacial score (nSPS) is 12.4. The van der Waals surface area contributed by atoms with Crippen LogP contribution in [-0.4, -0.2) is 52.5 Å². The Bertz CT molecular complexity index is 984. The molecule has 4 amide bonds. The highest BCUT2D eigenvalue weighted by Gasteiger charge is 2.27. The lowest BCUT2D eigenvalue weighted by molar-refractivity contribution is -0.125. The van der Waals surface area contributed by atoms with Crippen LogP contribution in [0.1, 0.15) is 43.6 Å². The van der Waals surface area contributed by atoms with Crippen LogP contribution >= 0.6 is 0 Å². The van der Waals surface area contributed by atoms with E-state index >= 15 is 0 Å². The van der Waals surface area contributed by atoms with Crippen molar-refractivity contribution in [1.29, 1.82) is 0 Å². The van der Waals surface area contributed by atoms with Crippen LogP contribution in [0.25, 0.3) is 0 Å². The van der Waals surface area contributed by atoms with Gasteiger partial charge in [0, 0.05) is 30.4 Å². The van der Waals surface area contributed by atoms with Crippen molar-refractivity contribution in [3.8, 4) is 0 Å². The van der Waals surface area contributed by atoms with Gasteiger partial charge >= 0.3 is 6.09 Å². The molecule has 2 atom stereocenters. The largest absolute Gasteiger partial charge is 0.445 e. The van der Waals surface area contributed by atoms with Gasteiger partial charge in [-0.25, -0.2) is 4.79 Å². The number of alkyl carbamates (subject to hydrolysis) is 1. The second-order valence-electron chi connectivity index (χ2n) is 8.49. The molecule has 0 bridgehead atoms. The molecular weight excluding hydrogens is 452 g/mol. The number of carbonyl (C=O) groups excluding carboxylic acids is 4. The SMILES string of the molecule is CC(C)[C@H](NC(=O)OCc1ccncc1)C(=O)NCNC(=O)[C@@H](NC(=O)c1ccncc1)C(C)C. The number of nitrogens with one attached hydrogen (secondary N) is 4. The molecule has 11 heteroatoms. The third-order valence-electron chi connectivity index (χ3n) is 5.05. The fraction of sp³-hybridized carbons (Fsp3) is 0.417. The van der Waals surface area contributed by atoms with Crippen molar-refractivity contribution in [2.45, 2.75) is 46.4 Å². The fourth-order valence-electron chi connectivity index (χ4n) is 3.03. The number of nitrogens with zero attached hydrogens (tertiary/aromatic N) is 2. The van der Waals surface area contributed by atoms with Gasteiger partial charge in [-0.05, 0) is 41.7 Å². The average Bonchev–Trinajstić information content (AvgIpc) is 2.85. The molecule has 0 aliphatic carbocycles. The third kappa shape index (κ3) is 9.03. The Kier molecular flexibility index (Phi) is 10.6. The molecule has 0 fully saturated rings. The molecule has 0 aliphatic rings. The molecule has 0 spiro atoms. The minimum atomic E-state index is -0.871. The Morgan fingerprint density at radius 3 is 1.77 bits per heavy atom. The van der Waals surface area contributed by atoms with Gasteiger partial charge in [-0.3, -0.25) is 24.4 Å². The van der Waals surface area contributed by atoms with E-state index in [0.29, 0.717) is 5.56 Å². The van der Waals surface area contributed by atoms with Crippen molar-refractivity contribution in [2.75, 3.05) is 6.67 Å². The van der Waals surface area contributed by atoms with E-state index in [2.05, 4.69) is 31.2 Å². The lowest BCUT2D eigenvalue weighted by Crippen LogP contribution is -2.54. The van der Waals surface area contributed by atoms with Crippen LogP contribution in [0.3, 0.4) is 0 Å². The standard InChI is InChI=1S/C24H32N6O5/c1-15(2)19(29-21(31)18-7-11-26-12-8-18)22(32)27-14-28-23(33)20(16(3)4)30-24(34)35-13-17-5-9-25-10-6-17/h5-12,15-16,19-20H,13-14H2,1-4H3,(H,27,32)(H,28,33)(H,29,31)(H,30,34)/t19-,20-/m0/s1. The number of aromatic nitrogens is 2. The number of amides is 4. The van der Waals surface area contributed by atoms with Crippen LogP contribution < -0.4 is 21.3 Å². The molecule has 11 nitrogen and oxygen atoms in total. The maximum Gasteiger partial charge on any atom is 0.408 e. The van der Waals surface area contributed by atoms with Gasteiger partial charge in [-0.15, -0.1) is 0 Å². The van der Waals surface area contributed by atoms with E-state index < -0.39 is 35.9 Å². The molecule has 4 N–H and O–H groups in total. The molecule has 188 valence electrons. The smallest absolute Gasteiger partial charge is 0.408 e. The van der Waals surface area contributed by atoms with Gasteiger partial charge < -0.3 is 26.0 Å². The van der Waals surface area contributed by atoms with Gasteiger partial charge in [-0.2, -0.15) is 0 Å². The van der Waals surface area contributed by atoms with Crippen LogP contribution in [0.5, 0.6) is 0 Å². The highest BCUT2D eigenvalue weighted by Crippen LogP contribution is 2.06. The number of hydrogen-bond donors (Lipinski definition) is 4. The van der Waals surface area contributed by atoms with Crippen molar-refractivity contribution in [3.05, 3.63) is 60.2 Å². The van der Waals surface area contributed by atoms with E-state index in [1.165, 1.54) is 12.4 Å². The molecule has 0 saturated heterocycles. The summed E-state index contributed by atoms with van der Waals surface area (Å²) in [6, 6.07) is 4.84. The molecular formula is C24H32N6O5. The zero-order valence-corrected chi connectivity index (χ0v) is 20.3. The quantitative estimate of drug-likeness (QED) is 0.352. The number of ether oxygens (including phenoxy) is 1. The molecule has 35 heavy (non-hydrogen) atoms. The summed E-state index contributed by atoms with van der Waals surface area (Å²) >= 11 is 0. The molecule has 0 radical (unpaired) electrons. The Labute approximate surface area is 204 Å². The zero-order chi connectivity index (χ0) is 25.8. The number of carbonyl (C=O) groups is 4. The van der Waals surface area contributed by atoms with E-state index in [4.69, 9.17) is 4.74 Å². The summed E-state index contributed by atoms with van der Waals surface area (Å²) in [5, 5.41) is 10.4. The van der Waals surface area contributed by atoms with E-state index in [1.807, 2.05) is 0 Å². The van der Waals surface area contributed by atoms with Crippen molar-refractivity contribution >= 4 is 23.8 Å². The first kappa shape index (κ1) is 27.2. The lowest BCUT2D eigenvalue weighted by Gasteiger charge is -2.23. The summed E-state index contributed by atoms with van der Waals surface area (Å²) in [5.41, 5.74) is 1.15. The minimum Gasteiger partial charge on any atom is -0.445 e. The predicted molar refractivity (Wildman–Crippen MR) is 128 cm³/mol. The second kappa shape index (κ2) is 13.6. The number of rotatable bonds is 11. The predicted octanol–water partition coefficient (Wildman–Crippen LogP) is 1.37. The van der Waals surface area contributed by atoms with Gasteiger partial charge in [0.25, 0.3) is 5.91 Å². The summed E-state index contributed by atoms with van der Waals surface area (Å²) in [7, 11) is 0. The molecule has 0 saturated carbocycles. The summed E-state index contributed by atoms with van der Waals surface area (Å²) in [6.07, 6.45) is 5.41. The van der Waals surface area contributed by atoms with Crippen molar-refractivity contribution in [1.82, 2.24) is 31.2 Å². The van der Waals surface area contributed by atoms with E-state index in [1.54, 1.807) is 64.4 Å². The minimum absolute atomic E-state index is 0.0403. The fourth-order valence-corrected chi connectivity index (χ4v) is 3.03. The Hall–Kier alpha value is -4.02. The molecule has 2 aromatic rings. The van der Waals surface area contributed by atoms with E-state index in [-0.39, 0.29) is 25.1 Å². The Balaban J connectivity index is 1.84. The highest BCUT2D eigenvalue weighted by atomic mass is 16.5. The first-order chi connectivity index (χ1) is 16.7. The zero-order valence-electron chi connectivity index (χ0n) is 20.3. The van der Waals surface area contributed by atoms with Crippen LogP contribution in [0.15, 0.2) is 49.1 Å². The molecule has 2 aromatic heterocycles. The van der Waals surface area contributed by atoms with E-state index in [9.17, 15) is 19.2 Å². The summed E-state index contributed by atoms with van der Waals surface area (Å²) in [5.74, 6) is -1.77. The van der Waals surface area contributed by atoms with Crippen molar-refractivity contribution < 1.29 is 23.9 Å². The van der Waals surface area contributed by atoms with Gasteiger partial charge in [0.1, 0.15) is 18.7 Å². The van der Waals surface area contributed by atoms with E-state index in [0.717, 1.165) is 5.56 Å². The van der Waals surface area contributed by atoms with Gasteiger partial charge in [-0.1, -0.05) is 27.7 Å². The molecule has 2 rings (SSSR count). The molecule has 0 aliphatic heterocycles. The molecule has 0 unspecified atom stereocenters. The van der Waals surface area contributed by atoms with Crippen LogP contribution in [0.4, 0.5) is 4.79 Å². The molecule has 2 heterocycles. The van der Waals surface area contributed by atoms with Crippen LogP contribution in [0.2, 0.25) is 0 Å². The van der Waals surface area contributed by atoms with Crippen LogP contribution in [-0.2, 0) is 20.9 Å². The summed E-state index contributed by atoms with van der Waals surface area (Å²) < 4.78 is 5.16. The topological polar surface area (TPSA) is 151 Å². The maximum absolute atomic E-state index is 12.7. The first-order valence-electron chi connectivity index (χ1n) is 11.3. The van der Waals surface area contributed by atoms with Crippen molar-refractivity contribution in [2.24, 2.45) is 11.8 Å². The Morgan fingerprint density at radius 2 is 1.26 bits per heavy atom. The summed E-state index contributed by atoms with van der Waals surface area (Å²) in [6.45, 7) is 7.00. The average molecular weight is 485 g/mol. The second-order valence-corrected chi connectivity index (χ2v) is 8.49. The summed E-state index contributed by atoms with van der Waals surface area (Å²) in [4.78, 5) is 57.6. The monoisotopic (exact) mass is 484 g/mol. The number of hydrogen-bond acceptors (Lipinski definition) is 7. The van der Waals surface area contributed by atoms with Gasteiger partial charge in [0.05, 0.1) is 6.67 Å². The van der Waals surface area contributed by atoms with Gasteiger partial charge in [0.2, 0.25) is 11.8 Å². The highest BCUT2D eigenvalue weighted by molar-refractivity contribution is 5.97. The Morgan fingerprint density at radius 1 is 0.771 bits per heavy atom. The third-order valence-corrected chi connectivity index (χ3v) is 5.05. The van der Waals surface area contributed by atoms with Crippen molar-refractivity contribution in [3.63, 3.8) is 0 Å². The lowest BCUT2D eigenvalue weighted by atomic mass is 10.0. The number of pyridine rings is 2. The first-order valence-corrected chi connectivity index (χ1v) is 11.3. The van der Waals surface area contributed by atoms with Gasteiger partial charge in [0.15, 0.2) is 0 Å².